The van der Waals surface area contributed by atoms with Gasteiger partial charge >= 0.3 is 0 Å². The van der Waals surface area contributed by atoms with E-state index in [2.05, 4.69) is 13.8 Å². The molecule has 1 atom stereocenters. The van der Waals surface area contributed by atoms with E-state index >= 15 is 0 Å². The molecule has 0 bridgehead atoms. The van der Waals surface area contributed by atoms with Gasteiger partial charge in [-0.3, -0.25) is 0 Å². The van der Waals surface area contributed by atoms with Crippen LogP contribution >= 0.6 is 0 Å². The molecule has 0 radical (unpaired) electrons. The first-order chi connectivity index (χ1) is 7.49. The minimum Gasteiger partial charge on any atom is -0.330 e. The first-order valence-corrected chi connectivity index (χ1v) is 5.94. The van der Waals surface area contributed by atoms with Crippen molar-refractivity contribution >= 4 is 0 Å². The van der Waals surface area contributed by atoms with Crippen LogP contribution in [0.4, 0.5) is 4.39 Å². The highest BCUT2D eigenvalue weighted by Gasteiger charge is 2.58. The number of hydrogen-bond acceptors (Lipinski definition) is 1. The van der Waals surface area contributed by atoms with Gasteiger partial charge in [0.25, 0.3) is 0 Å². The van der Waals surface area contributed by atoms with Crippen LogP contribution in [0.2, 0.25) is 0 Å². The third-order valence-electron chi connectivity index (χ3n) is 4.29. The Morgan fingerprint density at radius 2 is 1.81 bits per heavy atom. The molecule has 0 amide bonds. The van der Waals surface area contributed by atoms with E-state index in [1.807, 2.05) is 12.1 Å². The second-order valence-corrected chi connectivity index (χ2v) is 5.67. The number of halogens is 1. The van der Waals surface area contributed by atoms with Gasteiger partial charge in [0.1, 0.15) is 5.82 Å². The normalized spacial score (nSPS) is 26.8. The molecule has 1 fully saturated rings. The third kappa shape index (κ3) is 1.99. The summed E-state index contributed by atoms with van der Waals surface area (Å²) in [5.41, 5.74) is 7.79. The van der Waals surface area contributed by atoms with Crippen molar-refractivity contribution in [3.63, 3.8) is 0 Å². The maximum Gasteiger partial charge on any atom is 0.123 e. The molecule has 1 unspecified atom stereocenters. The minimum absolute atomic E-state index is 0.163. The topological polar surface area (TPSA) is 26.0 Å². The Kier molecular flexibility index (Phi) is 2.79. The second-order valence-electron chi connectivity index (χ2n) is 5.67. The smallest absolute Gasteiger partial charge is 0.123 e. The van der Waals surface area contributed by atoms with Crippen molar-refractivity contribution in [1.82, 2.24) is 0 Å². The molecule has 88 valence electrons. The summed E-state index contributed by atoms with van der Waals surface area (Å²) in [5.74, 6) is -0.163. The summed E-state index contributed by atoms with van der Waals surface area (Å²) in [5, 5.41) is 0. The van der Waals surface area contributed by atoms with E-state index in [1.165, 1.54) is 24.1 Å². The van der Waals surface area contributed by atoms with E-state index in [1.54, 1.807) is 0 Å². The number of hydrogen-bond donors (Lipinski definition) is 1. The maximum absolute atomic E-state index is 12.7. The van der Waals surface area contributed by atoms with E-state index in [4.69, 9.17) is 5.73 Å². The molecule has 1 saturated carbocycles. The van der Waals surface area contributed by atoms with Gasteiger partial charge in [-0.05, 0) is 54.3 Å². The van der Waals surface area contributed by atoms with Crippen LogP contribution in [0.25, 0.3) is 0 Å². The number of aryl methyl sites for hydroxylation is 1. The van der Waals surface area contributed by atoms with Gasteiger partial charge in [0, 0.05) is 0 Å². The molecule has 1 aliphatic carbocycles. The molecule has 0 spiro atoms. The predicted molar refractivity (Wildman–Crippen MR) is 64.6 cm³/mol. The zero-order valence-corrected chi connectivity index (χ0v) is 10.1. The fraction of sp³-hybridized carbons (Fsp3) is 0.571. The predicted octanol–water partition coefficient (Wildman–Crippen LogP) is 3.13. The van der Waals surface area contributed by atoms with Crippen molar-refractivity contribution < 1.29 is 4.39 Å². The molecule has 1 aromatic rings. The summed E-state index contributed by atoms with van der Waals surface area (Å²) in [6.45, 7) is 5.33. The van der Waals surface area contributed by atoms with Crippen molar-refractivity contribution in [3.8, 4) is 0 Å². The average molecular weight is 221 g/mol. The summed E-state index contributed by atoms with van der Waals surface area (Å²) in [4.78, 5) is 0. The Hall–Kier alpha value is -0.890. The molecular weight excluding hydrogens is 201 g/mol. The first-order valence-electron chi connectivity index (χ1n) is 5.94. The van der Waals surface area contributed by atoms with E-state index in [0.717, 1.165) is 19.4 Å². The second kappa shape index (κ2) is 3.85. The van der Waals surface area contributed by atoms with E-state index < -0.39 is 0 Å². The molecule has 1 aliphatic rings. The third-order valence-corrected chi connectivity index (χ3v) is 4.29. The van der Waals surface area contributed by atoms with Gasteiger partial charge in [0.15, 0.2) is 0 Å². The van der Waals surface area contributed by atoms with Gasteiger partial charge < -0.3 is 5.73 Å². The maximum atomic E-state index is 12.7. The molecule has 16 heavy (non-hydrogen) atoms. The van der Waals surface area contributed by atoms with Crippen LogP contribution in [0.3, 0.4) is 0 Å². The molecule has 2 heteroatoms. The largest absolute Gasteiger partial charge is 0.330 e. The lowest BCUT2D eigenvalue weighted by Crippen LogP contribution is -2.21. The van der Waals surface area contributed by atoms with E-state index in [9.17, 15) is 4.39 Å². The number of nitrogens with two attached hydrogens (primary N) is 1. The molecule has 0 saturated heterocycles. The lowest BCUT2D eigenvalue weighted by molar-refractivity contribution is 0.365. The summed E-state index contributed by atoms with van der Waals surface area (Å²) >= 11 is 0. The van der Waals surface area contributed by atoms with Crippen LogP contribution < -0.4 is 5.73 Å². The number of rotatable bonds is 4. The van der Waals surface area contributed by atoms with Crippen molar-refractivity contribution in [3.05, 3.63) is 35.6 Å². The van der Waals surface area contributed by atoms with E-state index in [0.29, 0.717) is 10.8 Å². The standard InChI is InChI=1S/C14H20FN/c1-13(2)9-14(13,10-16)8-7-11-3-5-12(15)6-4-11/h3-6H,7-10,16H2,1-2H3. The van der Waals surface area contributed by atoms with Gasteiger partial charge in [-0.25, -0.2) is 4.39 Å². The molecule has 2 N–H and O–H groups in total. The van der Waals surface area contributed by atoms with Gasteiger partial charge in [0.05, 0.1) is 0 Å². The zero-order chi connectivity index (χ0) is 11.8. The van der Waals surface area contributed by atoms with Crippen LogP contribution in [0.15, 0.2) is 24.3 Å². The molecule has 0 aromatic heterocycles. The molecular formula is C14H20FN. The lowest BCUT2D eigenvalue weighted by atomic mass is 9.89. The van der Waals surface area contributed by atoms with Crippen molar-refractivity contribution in [2.75, 3.05) is 6.54 Å². The summed E-state index contributed by atoms with van der Waals surface area (Å²) in [6.07, 6.45) is 3.33. The number of benzene rings is 1. The molecule has 2 rings (SSSR count). The van der Waals surface area contributed by atoms with Crippen LogP contribution in [-0.2, 0) is 6.42 Å². The highest BCUT2D eigenvalue weighted by Crippen LogP contribution is 2.65. The van der Waals surface area contributed by atoms with Crippen LogP contribution in [0.5, 0.6) is 0 Å². The summed E-state index contributed by atoms with van der Waals surface area (Å²) in [7, 11) is 0. The van der Waals surface area contributed by atoms with E-state index in [-0.39, 0.29) is 5.82 Å². The Bertz CT molecular complexity index is 369. The fourth-order valence-corrected chi connectivity index (χ4v) is 2.71. The zero-order valence-electron chi connectivity index (χ0n) is 10.1. The van der Waals surface area contributed by atoms with Crippen LogP contribution in [0.1, 0.15) is 32.3 Å². The summed E-state index contributed by atoms with van der Waals surface area (Å²) in [6, 6.07) is 6.80. The van der Waals surface area contributed by atoms with Gasteiger partial charge in [-0.15, -0.1) is 0 Å². The van der Waals surface area contributed by atoms with Crippen LogP contribution in [-0.4, -0.2) is 6.54 Å². The minimum atomic E-state index is -0.163. The van der Waals surface area contributed by atoms with Crippen molar-refractivity contribution in [2.45, 2.75) is 33.1 Å². The van der Waals surface area contributed by atoms with Gasteiger partial charge in [0.2, 0.25) is 0 Å². The molecule has 1 nitrogen and oxygen atoms in total. The SMILES string of the molecule is CC1(C)CC1(CN)CCc1ccc(F)cc1. The average Bonchev–Trinajstić information content (AvgIpc) is 2.81. The Morgan fingerprint density at radius 1 is 1.25 bits per heavy atom. The van der Waals surface area contributed by atoms with Crippen LogP contribution in [0, 0.1) is 16.6 Å². The Morgan fingerprint density at radius 3 is 2.25 bits per heavy atom. The highest BCUT2D eigenvalue weighted by molar-refractivity contribution is 5.18. The quantitative estimate of drug-likeness (QED) is 0.830. The Labute approximate surface area is 96.9 Å². The molecule has 1 aromatic carbocycles. The fourth-order valence-electron chi connectivity index (χ4n) is 2.71. The highest BCUT2D eigenvalue weighted by atomic mass is 19.1. The van der Waals surface area contributed by atoms with Gasteiger partial charge in [-0.2, -0.15) is 0 Å². The monoisotopic (exact) mass is 221 g/mol. The first kappa shape index (κ1) is 11.6. The van der Waals surface area contributed by atoms with Gasteiger partial charge in [-0.1, -0.05) is 26.0 Å². The molecule has 0 heterocycles. The van der Waals surface area contributed by atoms with Crippen molar-refractivity contribution in [1.29, 1.82) is 0 Å². The Balaban J connectivity index is 1.95. The summed E-state index contributed by atoms with van der Waals surface area (Å²) < 4.78 is 12.7. The molecule has 0 aliphatic heterocycles. The lowest BCUT2D eigenvalue weighted by Gasteiger charge is -2.18. The van der Waals surface area contributed by atoms with Crippen molar-refractivity contribution in [2.24, 2.45) is 16.6 Å².